The van der Waals surface area contributed by atoms with Gasteiger partial charge in [0.25, 0.3) is 0 Å². The Balaban J connectivity index is 2.73. The number of carbonyl (C=O) groups excluding carboxylic acids is 1. The minimum absolute atomic E-state index is 0.0261. The third-order valence-corrected chi connectivity index (χ3v) is 1.94. The van der Waals surface area contributed by atoms with Gasteiger partial charge in [-0.2, -0.15) is 0 Å². The summed E-state index contributed by atoms with van der Waals surface area (Å²) in [5.74, 6) is 5.10. The van der Waals surface area contributed by atoms with Crippen molar-refractivity contribution in [3.8, 4) is 11.8 Å². The highest BCUT2D eigenvalue weighted by Crippen LogP contribution is 2.13. The van der Waals surface area contributed by atoms with Crippen LogP contribution in [0, 0.1) is 11.8 Å². The average Bonchev–Trinajstić information content (AvgIpc) is 2.35. The molecule has 0 atom stereocenters. The molecule has 17 heavy (non-hydrogen) atoms. The number of benzene rings is 1. The number of aliphatic hydroxyl groups is 1. The topological polar surface area (TPSA) is 58.6 Å². The minimum atomic E-state index is -0.218. The lowest BCUT2D eigenvalue weighted by Crippen LogP contribution is -2.18. The van der Waals surface area contributed by atoms with Crippen molar-refractivity contribution in [1.82, 2.24) is 0 Å². The predicted octanol–water partition coefficient (Wildman–Crippen LogP) is 1.01. The first-order valence-electron chi connectivity index (χ1n) is 5.34. The Morgan fingerprint density at radius 1 is 1.47 bits per heavy atom. The second kappa shape index (κ2) is 7.44. The zero-order valence-electron chi connectivity index (χ0n) is 9.69. The largest absolute Gasteiger partial charge is 0.384 e. The highest BCUT2D eigenvalue weighted by atomic mass is 16.5. The summed E-state index contributed by atoms with van der Waals surface area (Å²) in [4.78, 5) is 11.5. The van der Waals surface area contributed by atoms with Crippen molar-refractivity contribution in [1.29, 1.82) is 0 Å². The number of hydrogen-bond donors (Lipinski definition) is 2. The van der Waals surface area contributed by atoms with Gasteiger partial charge >= 0.3 is 0 Å². The summed E-state index contributed by atoms with van der Waals surface area (Å²) in [5, 5.41) is 11.3. The van der Waals surface area contributed by atoms with Gasteiger partial charge < -0.3 is 15.2 Å². The number of hydrogen-bond acceptors (Lipinski definition) is 3. The molecule has 0 fully saturated rings. The van der Waals surface area contributed by atoms with Crippen LogP contribution in [0.15, 0.2) is 24.3 Å². The van der Waals surface area contributed by atoms with Gasteiger partial charge in [0.15, 0.2) is 0 Å². The van der Waals surface area contributed by atoms with Gasteiger partial charge in [-0.05, 0) is 19.1 Å². The fourth-order valence-electron chi connectivity index (χ4n) is 1.22. The van der Waals surface area contributed by atoms with Gasteiger partial charge in [0.2, 0.25) is 5.91 Å². The molecule has 0 heterocycles. The lowest BCUT2D eigenvalue weighted by atomic mass is 10.2. The van der Waals surface area contributed by atoms with Gasteiger partial charge in [-0.3, -0.25) is 4.79 Å². The normalized spacial score (nSPS) is 9.29. The second-order valence-corrected chi connectivity index (χ2v) is 3.19. The maximum Gasteiger partial charge on any atom is 0.250 e. The Labute approximate surface area is 101 Å². The number of ether oxygens (including phenoxy) is 1. The van der Waals surface area contributed by atoms with Crippen molar-refractivity contribution >= 4 is 11.6 Å². The summed E-state index contributed by atoms with van der Waals surface area (Å²) >= 11 is 0. The lowest BCUT2D eigenvalue weighted by molar-refractivity contribution is -0.120. The van der Waals surface area contributed by atoms with Crippen molar-refractivity contribution < 1.29 is 14.6 Å². The van der Waals surface area contributed by atoms with E-state index in [1.54, 1.807) is 18.2 Å². The Bertz CT molecular complexity index is 432. The molecule has 4 heteroatoms. The molecule has 0 saturated carbocycles. The number of amides is 1. The van der Waals surface area contributed by atoms with Crippen molar-refractivity contribution in [3.05, 3.63) is 29.8 Å². The zero-order valence-corrected chi connectivity index (χ0v) is 9.69. The fraction of sp³-hybridized carbons (Fsp3) is 0.308. The number of anilines is 1. The predicted molar refractivity (Wildman–Crippen MR) is 65.5 cm³/mol. The molecular formula is C13H15NO3. The molecule has 0 aliphatic heterocycles. The minimum Gasteiger partial charge on any atom is -0.384 e. The van der Waals surface area contributed by atoms with Gasteiger partial charge in [0.1, 0.15) is 13.2 Å². The number of rotatable bonds is 4. The fourth-order valence-corrected chi connectivity index (χ4v) is 1.22. The third kappa shape index (κ3) is 4.68. The Morgan fingerprint density at radius 2 is 2.24 bits per heavy atom. The van der Waals surface area contributed by atoms with Crippen LogP contribution < -0.4 is 5.32 Å². The van der Waals surface area contributed by atoms with Gasteiger partial charge in [-0.15, -0.1) is 0 Å². The van der Waals surface area contributed by atoms with Crippen molar-refractivity contribution in [2.45, 2.75) is 6.92 Å². The summed E-state index contributed by atoms with van der Waals surface area (Å²) in [6.45, 7) is 2.15. The Morgan fingerprint density at radius 3 is 2.94 bits per heavy atom. The summed E-state index contributed by atoms with van der Waals surface area (Å²) in [6, 6.07) is 7.16. The Hall–Kier alpha value is -1.83. The molecule has 1 aromatic rings. The maximum absolute atomic E-state index is 11.5. The van der Waals surface area contributed by atoms with E-state index in [4.69, 9.17) is 9.84 Å². The van der Waals surface area contributed by atoms with Crippen LogP contribution in [0.25, 0.3) is 0 Å². The number of aliphatic hydroxyl groups excluding tert-OH is 1. The van der Waals surface area contributed by atoms with Crippen LogP contribution in [0.2, 0.25) is 0 Å². The SMILES string of the molecule is CCOCC(=O)Nc1ccccc1C#CCO. The van der Waals surface area contributed by atoms with Crippen LogP contribution in [-0.2, 0) is 9.53 Å². The van der Waals surface area contributed by atoms with Crippen LogP contribution in [0.5, 0.6) is 0 Å². The van der Waals surface area contributed by atoms with Crippen molar-refractivity contribution in [2.75, 3.05) is 25.1 Å². The highest BCUT2D eigenvalue weighted by molar-refractivity contribution is 5.93. The standard InChI is InChI=1S/C13H15NO3/c1-2-17-10-13(16)14-12-8-4-3-6-11(12)7-5-9-15/h3-4,6,8,15H,2,9-10H2,1H3,(H,14,16). The van der Waals surface area contributed by atoms with E-state index < -0.39 is 0 Å². The van der Waals surface area contributed by atoms with E-state index in [0.717, 1.165) is 0 Å². The van der Waals surface area contributed by atoms with Crippen molar-refractivity contribution in [3.63, 3.8) is 0 Å². The van der Waals surface area contributed by atoms with E-state index in [-0.39, 0.29) is 19.1 Å². The first-order valence-corrected chi connectivity index (χ1v) is 5.34. The van der Waals surface area contributed by atoms with E-state index in [9.17, 15) is 4.79 Å². The summed E-state index contributed by atoms with van der Waals surface area (Å²) in [6.07, 6.45) is 0. The molecule has 1 amide bonds. The van der Waals surface area contributed by atoms with Crippen LogP contribution in [0.4, 0.5) is 5.69 Å². The first kappa shape index (κ1) is 13.2. The summed E-state index contributed by atoms with van der Waals surface area (Å²) in [5.41, 5.74) is 1.30. The molecule has 0 aliphatic rings. The van der Waals surface area contributed by atoms with Crippen LogP contribution in [0.1, 0.15) is 12.5 Å². The first-order chi connectivity index (χ1) is 8.27. The molecule has 1 aromatic carbocycles. The zero-order chi connectivity index (χ0) is 12.5. The molecule has 4 nitrogen and oxygen atoms in total. The molecule has 0 saturated heterocycles. The number of nitrogens with one attached hydrogen (secondary N) is 1. The van der Waals surface area contributed by atoms with Gasteiger partial charge in [0.05, 0.1) is 5.69 Å². The van der Waals surface area contributed by atoms with E-state index >= 15 is 0 Å². The van der Waals surface area contributed by atoms with Crippen molar-refractivity contribution in [2.24, 2.45) is 0 Å². The molecule has 1 rings (SSSR count). The van der Waals surface area contributed by atoms with E-state index in [1.807, 2.05) is 13.0 Å². The van der Waals surface area contributed by atoms with Gasteiger partial charge in [-0.1, -0.05) is 24.0 Å². The average molecular weight is 233 g/mol. The molecule has 0 radical (unpaired) electrons. The van der Waals surface area contributed by atoms with E-state index in [1.165, 1.54) is 0 Å². The Kier molecular flexibility index (Phi) is 5.80. The smallest absolute Gasteiger partial charge is 0.250 e. The van der Waals surface area contributed by atoms with Crippen LogP contribution >= 0.6 is 0 Å². The van der Waals surface area contributed by atoms with E-state index in [2.05, 4.69) is 17.2 Å². The third-order valence-electron chi connectivity index (χ3n) is 1.94. The van der Waals surface area contributed by atoms with Gasteiger partial charge in [0, 0.05) is 12.2 Å². The molecule has 0 unspecified atom stereocenters. The molecule has 0 aromatic heterocycles. The lowest BCUT2D eigenvalue weighted by Gasteiger charge is -2.07. The molecule has 90 valence electrons. The van der Waals surface area contributed by atoms with Gasteiger partial charge in [-0.25, -0.2) is 0 Å². The summed E-state index contributed by atoms with van der Waals surface area (Å²) < 4.78 is 5.00. The number of para-hydroxylation sites is 1. The van der Waals surface area contributed by atoms with Crippen LogP contribution in [-0.4, -0.2) is 30.8 Å². The summed E-state index contributed by atoms with van der Waals surface area (Å²) in [7, 11) is 0. The quantitative estimate of drug-likeness (QED) is 0.763. The number of carbonyl (C=O) groups is 1. The molecule has 2 N–H and O–H groups in total. The monoisotopic (exact) mass is 233 g/mol. The highest BCUT2D eigenvalue weighted by Gasteiger charge is 2.04. The second-order valence-electron chi connectivity index (χ2n) is 3.19. The molecule has 0 aliphatic carbocycles. The molecular weight excluding hydrogens is 218 g/mol. The maximum atomic E-state index is 11.5. The molecule has 0 bridgehead atoms. The van der Waals surface area contributed by atoms with Crippen LogP contribution in [0.3, 0.4) is 0 Å². The molecule has 0 spiro atoms. The van der Waals surface area contributed by atoms with E-state index in [0.29, 0.717) is 17.9 Å².